The number of hydrogen-bond donors (Lipinski definition) is 2. The van der Waals surface area contributed by atoms with Gasteiger partial charge in [-0.15, -0.1) is 0 Å². The second-order valence-corrected chi connectivity index (χ2v) is 5.06. The van der Waals surface area contributed by atoms with Gasteiger partial charge in [0, 0.05) is 15.6 Å². The Morgan fingerprint density at radius 1 is 1.05 bits per heavy atom. The number of aliphatic hydroxyl groups is 1. The van der Waals surface area contributed by atoms with Gasteiger partial charge in [-0.05, 0) is 29.8 Å². The normalized spacial score (nSPS) is 14.2. The minimum atomic E-state index is -1.05. The molecule has 2 rings (SSSR count). The number of aliphatic hydroxyl groups excluding tert-OH is 1. The molecule has 2 nitrogen and oxygen atoms in total. The molecule has 0 bridgehead atoms. The van der Waals surface area contributed by atoms with Gasteiger partial charge in [-0.2, -0.15) is 0 Å². The second-order valence-electron chi connectivity index (χ2n) is 4.19. The fourth-order valence-corrected chi connectivity index (χ4v) is 2.20. The number of benzene rings is 2. The van der Waals surface area contributed by atoms with Gasteiger partial charge in [0.2, 0.25) is 0 Å². The van der Waals surface area contributed by atoms with Gasteiger partial charge in [-0.1, -0.05) is 41.4 Å². The lowest BCUT2D eigenvalue weighted by Crippen LogP contribution is -2.20. The Morgan fingerprint density at radius 2 is 1.74 bits per heavy atom. The van der Waals surface area contributed by atoms with Crippen molar-refractivity contribution in [3.8, 4) is 0 Å². The highest BCUT2D eigenvalue weighted by Gasteiger charge is 2.21. The zero-order valence-electron chi connectivity index (χ0n) is 9.85. The second kappa shape index (κ2) is 5.88. The SMILES string of the molecule is NC(c1ccc(Cl)cc1F)C(O)c1cccc(Cl)c1. The van der Waals surface area contributed by atoms with Gasteiger partial charge in [-0.3, -0.25) is 0 Å². The molecule has 2 aromatic carbocycles. The maximum atomic E-state index is 13.8. The van der Waals surface area contributed by atoms with Gasteiger partial charge >= 0.3 is 0 Å². The first-order valence-electron chi connectivity index (χ1n) is 5.63. The van der Waals surface area contributed by atoms with E-state index in [0.29, 0.717) is 10.6 Å². The largest absolute Gasteiger partial charge is 0.386 e. The van der Waals surface area contributed by atoms with Crippen molar-refractivity contribution < 1.29 is 9.50 Å². The summed E-state index contributed by atoms with van der Waals surface area (Å²) in [5.74, 6) is -0.541. The first-order chi connectivity index (χ1) is 8.99. The Balaban J connectivity index is 2.30. The van der Waals surface area contributed by atoms with Gasteiger partial charge in [0.25, 0.3) is 0 Å². The van der Waals surface area contributed by atoms with Crippen molar-refractivity contribution in [2.24, 2.45) is 5.73 Å². The first kappa shape index (κ1) is 14.3. The summed E-state index contributed by atoms with van der Waals surface area (Å²) in [6, 6.07) is 9.94. The molecule has 2 atom stereocenters. The Kier molecular flexibility index (Phi) is 4.42. The van der Waals surface area contributed by atoms with E-state index in [-0.39, 0.29) is 10.6 Å². The molecule has 0 radical (unpaired) electrons. The quantitative estimate of drug-likeness (QED) is 0.904. The van der Waals surface area contributed by atoms with Crippen LogP contribution >= 0.6 is 23.2 Å². The van der Waals surface area contributed by atoms with E-state index >= 15 is 0 Å². The van der Waals surface area contributed by atoms with E-state index in [4.69, 9.17) is 28.9 Å². The third-order valence-corrected chi connectivity index (χ3v) is 3.32. The Morgan fingerprint density at radius 3 is 2.37 bits per heavy atom. The average molecular weight is 300 g/mol. The molecule has 0 aliphatic carbocycles. The fourth-order valence-electron chi connectivity index (χ4n) is 1.84. The number of halogens is 3. The van der Waals surface area contributed by atoms with Gasteiger partial charge in [0.05, 0.1) is 12.1 Å². The topological polar surface area (TPSA) is 46.2 Å². The van der Waals surface area contributed by atoms with Crippen LogP contribution in [0.3, 0.4) is 0 Å². The van der Waals surface area contributed by atoms with E-state index in [0.717, 1.165) is 0 Å². The van der Waals surface area contributed by atoms with E-state index in [2.05, 4.69) is 0 Å². The molecule has 5 heteroatoms. The summed E-state index contributed by atoms with van der Waals surface area (Å²) in [6.07, 6.45) is -1.05. The lowest BCUT2D eigenvalue weighted by molar-refractivity contribution is 0.145. The average Bonchev–Trinajstić information content (AvgIpc) is 2.37. The van der Waals surface area contributed by atoms with Gasteiger partial charge in [0.15, 0.2) is 0 Å². The van der Waals surface area contributed by atoms with Crippen molar-refractivity contribution in [1.82, 2.24) is 0 Å². The standard InChI is InChI=1S/C14H12Cl2FNO/c15-9-3-1-2-8(6-9)14(19)13(18)11-5-4-10(16)7-12(11)17/h1-7,13-14,19H,18H2. The molecule has 19 heavy (non-hydrogen) atoms. The van der Waals surface area contributed by atoms with Crippen molar-refractivity contribution in [2.45, 2.75) is 12.1 Å². The first-order valence-corrected chi connectivity index (χ1v) is 6.38. The number of rotatable bonds is 3. The molecule has 100 valence electrons. The third-order valence-electron chi connectivity index (χ3n) is 2.85. The summed E-state index contributed by atoms with van der Waals surface area (Å²) in [7, 11) is 0. The van der Waals surface area contributed by atoms with Crippen LogP contribution in [0.2, 0.25) is 10.0 Å². The highest BCUT2D eigenvalue weighted by molar-refractivity contribution is 6.30. The lowest BCUT2D eigenvalue weighted by Gasteiger charge is -2.20. The maximum Gasteiger partial charge on any atom is 0.129 e. The van der Waals surface area contributed by atoms with E-state index in [1.165, 1.54) is 18.2 Å². The monoisotopic (exact) mass is 299 g/mol. The number of nitrogens with two attached hydrogens (primary N) is 1. The van der Waals surface area contributed by atoms with Gasteiger partial charge in [0.1, 0.15) is 5.82 Å². The van der Waals surface area contributed by atoms with Gasteiger partial charge < -0.3 is 10.8 Å². The van der Waals surface area contributed by atoms with Crippen molar-refractivity contribution in [2.75, 3.05) is 0 Å². The van der Waals surface area contributed by atoms with Crippen LogP contribution in [0.5, 0.6) is 0 Å². The smallest absolute Gasteiger partial charge is 0.129 e. The fraction of sp³-hybridized carbons (Fsp3) is 0.143. The predicted molar refractivity (Wildman–Crippen MR) is 74.8 cm³/mol. The molecule has 0 aromatic heterocycles. The van der Waals surface area contributed by atoms with E-state index < -0.39 is 18.0 Å². The summed E-state index contributed by atoms with van der Waals surface area (Å²) in [5.41, 5.74) is 6.64. The zero-order valence-corrected chi connectivity index (χ0v) is 11.4. The van der Waals surface area contributed by atoms with Crippen LogP contribution in [0.15, 0.2) is 42.5 Å². The molecular weight excluding hydrogens is 288 g/mol. The Hall–Kier alpha value is -1.13. The van der Waals surface area contributed by atoms with Crippen LogP contribution in [0.4, 0.5) is 4.39 Å². The van der Waals surface area contributed by atoms with Crippen LogP contribution in [0.25, 0.3) is 0 Å². The molecule has 0 heterocycles. The zero-order chi connectivity index (χ0) is 14.0. The Bertz CT molecular complexity index is 591. The van der Waals surface area contributed by atoms with E-state index in [1.54, 1.807) is 24.3 Å². The summed E-state index contributed by atoms with van der Waals surface area (Å²) >= 11 is 11.5. The summed E-state index contributed by atoms with van der Waals surface area (Å²) in [5, 5.41) is 10.9. The molecule has 0 fully saturated rings. The minimum Gasteiger partial charge on any atom is -0.386 e. The van der Waals surface area contributed by atoms with Gasteiger partial charge in [-0.25, -0.2) is 4.39 Å². The molecule has 2 unspecified atom stereocenters. The van der Waals surface area contributed by atoms with E-state index in [9.17, 15) is 9.50 Å². The molecule has 0 amide bonds. The summed E-state index contributed by atoms with van der Waals surface area (Å²) < 4.78 is 13.8. The lowest BCUT2D eigenvalue weighted by atomic mass is 9.96. The molecular formula is C14H12Cl2FNO. The molecule has 0 spiro atoms. The highest BCUT2D eigenvalue weighted by Crippen LogP contribution is 2.30. The molecule has 2 aromatic rings. The Labute approximate surface area is 120 Å². The van der Waals surface area contributed by atoms with Crippen LogP contribution in [0, 0.1) is 5.82 Å². The van der Waals surface area contributed by atoms with Crippen molar-refractivity contribution >= 4 is 23.2 Å². The van der Waals surface area contributed by atoms with Crippen LogP contribution < -0.4 is 5.73 Å². The summed E-state index contributed by atoms with van der Waals surface area (Å²) in [6.45, 7) is 0. The molecule has 0 saturated heterocycles. The van der Waals surface area contributed by atoms with Crippen molar-refractivity contribution in [3.63, 3.8) is 0 Å². The van der Waals surface area contributed by atoms with Crippen molar-refractivity contribution in [3.05, 3.63) is 69.5 Å². The van der Waals surface area contributed by atoms with Crippen LogP contribution in [-0.4, -0.2) is 5.11 Å². The van der Waals surface area contributed by atoms with Crippen LogP contribution in [0.1, 0.15) is 23.3 Å². The summed E-state index contributed by atoms with van der Waals surface area (Å²) in [4.78, 5) is 0. The molecule has 0 aliphatic heterocycles. The molecule has 3 N–H and O–H groups in total. The van der Waals surface area contributed by atoms with E-state index in [1.807, 2.05) is 0 Å². The minimum absolute atomic E-state index is 0.205. The molecule has 0 saturated carbocycles. The van der Waals surface area contributed by atoms with Crippen LogP contribution in [-0.2, 0) is 0 Å². The highest BCUT2D eigenvalue weighted by atomic mass is 35.5. The maximum absolute atomic E-state index is 13.8. The predicted octanol–water partition coefficient (Wildman–Crippen LogP) is 3.87. The van der Waals surface area contributed by atoms with Crippen molar-refractivity contribution in [1.29, 1.82) is 0 Å². The third kappa shape index (κ3) is 3.25. The molecule has 0 aliphatic rings. The number of hydrogen-bond acceptors (Lipinski definition) is 2.